The highest BCUT2D eigenvalue weighted by atomic mass is 32.1. The molecule has 2 rings (SSSR count). The molecule has 0 saturated carbocycles. The first-order valence-corrected chi connectivity index (χ1v) is 8.56. The predicted molar refractivity (Wildman–Crippen MR) is 87.5 cm³/mol. The van der Waals surface area contributed by atoms with Gasteiger partial charge in [-0.05, 0) is 57.9 Å². The molecule has 0 bridgehead atoms. The topological polar surface area (TPSA) is 12.0 Å². The van der Waals surface area contributed by atoms with Crippen LogP contribution in [0.2, 0.25) is 0 Å². The molecule has 2 atom stereocenters. The van der Waals surface area contributed by atoms with Crippen LogP contribution in [-0.2, 0) is 6.42 Å². The SMILES string of the molecule is CCc1ccc(C(C)NC(C)c2cc(C)sc2C)s1. The summed E-state index contributed by atoms with van der Waals surface area (Å²) < 4.78 is 0. The maximum Gasteiger partial charge on any atom is 0.0391 e. The maximum atomic E-state index is 3.72. The van der Waals surface area contributed by atoms with Gasteiger partial charge in [-0.15, -0.1) is 22.7 Å². The smallest absolute Gasteiger partial charge is 0.0391 e. The molecule has 1 N–H and O–H groups in total. The van der Waals surface area contributed by atoms with E-state index in [9.17, 15) is 0 Å². The summed E-state index contributed by atoms with van der Waals surface area (Å²) in [5.74, 6) is 0. The largest absolute Gasteiger partial charge is 0.303 e. The van der Waals surface area contributed by atoms with Crippen LogP contribution in [0.25, 0.3) is 0 Å². The minimum atomic E-state index is 0.409. The molecule has 1 nitrogen and oxygen atoms in total. The molecule has 0 saturated heterocycles. The van der Waals surface area contributed by atoms with Gasteiger partial charge in [-0.25, -0.2) is 0 Å². The van der Waals surface area contributed by atoms with Crippen LogP contribution < -0.4 is 5.32 Å². The third-order valence-corrected chi connectivity index (χ3v) is 5.90. The Labute approximate surface area is 124 Å². The van der Waals surface area contributed by atoms with Crippen LogP contribution in [0.4, 0.5) is 0 Å². The Morgan fingerprint density at radius 2 is 1.84 bits per heavy atom. The highest BCUT2D eigenvalue weighted by molar-refractivity contribution is 7.12. The lowest BCUT2D eigenvalue weighted by Gasteiger charge is -2.19. The highest BCUT2D eigenvalue weighted by Gasteiger charge is 2.15. The van der Waals surface area contributed by atoms with Gasteiger partial charge in [0.15, 0.2) is 0 Å². The van der Waals surface area contributed by atoms with E-state index < -0.39 is 0 Å². The molecule has 19 heavy (non-hydrogen) atoms. The second-order valence-electron chi connectivity index (χ2n) is 5.14. The van der Waals surface area contributed by atoms with Gasteiger partial charge in [0.1, 0.15) is 0 Å². The zero-order valence-corrected chi connectivity index (χ0v) is 14.0. The lowest BCUT2D eigenvalue weighted by Crippen LogP contribution is -2.21. The molecule has 0 aliphatic heterocycles. The van der Waals surface area contributed by atoms with Gasteiger partial charge in [-0.3, -0.25) is 0 Å². The van der Waals surface area contributed by atoms with Crippen LogP contribution in [0.15, 0.2) is 18.2 Å². The number of nitrogens with one attached hydrogen (secondary N) is 1. The van der Waals surface area contributed by atoms with E-state index >= 15 is 0 Å². The predicted octanol–water partition coefficient (Wildman–Crippen LogP) is 5.40. The van der Waals surface area contributed by atoms with Crippen LogP contribution in [0, 0.1) is 13.8 Å². The Kier molecular flexibility index (Phi) is 4.82. The van der Waals surface area contributed by atoms with Crippen molar-refractivity contribution in [2.45, 2.75) is 53.1 Å². The van der Waals surface area contributed by atoms with E-state index in [2.05, 4.69) is 58.1 Å². The number of aryl methyl sites for hydroxylation is 3. The van der Waals surface area contributed by atoms with Gasteiger partial charge in [0.05, 0.1) is 0 Å². The van der Waals surface area contributed by atoms with Crippen LogP contribution >= 0.6 is 22.7 Å². The van der Waals surface area contributed by atoms with E-state index in [1.54, 1.807) is 0 Å². The Balaban J connectivity index is 2.06. The standard InChI is InChI=1S/C16H23NS2/c1-6-14-7-8-16(19-14)12(4)17-11(3)15-9-10(2)18-13(15)5/h7-9,11-12,17H,6H2,1-5H3. The molecule has 0 radical (unpaired) electrons. The summed E-state index contributed by atoms with van der Waals surface area (Å²) in [7, 11) is 0. The normalized spacial score (nSPS) is 14.6. The van der Waals surface area contributed by atoms with E-state index in [-0.39, 0.29) is 0 Å². The van der Waals surface area contributed by atoms with E-state index in [1.165, 1.54) is 25.1 Å². The van der Waals surface area contributed by atoms with Crippen molar-refractivity contribution in [2.24, 2.45) is 0 Å². The van der Waals surface area contributed by atoms with Gasteiger partial charge in [0, 0.05) is 31.6 Å². The molecule has 2 aromatic heterocycles. The maximum absolute atomic E-state index is 3.72. The number of hydrogen-bond acceptors (Lipinski definition) is 3. The molecular weight excluding hydrogens is 270 g/mol. The molecule has 0 fully saturated rings. The third kappa shape index (κ3) is 3.47. The number of hydrogen-bond donors (Lipinski definition) is 1. The Hall–Kier alpha value is -0.640. The van der Waals surface area contributed by atoms with Crippen molar-refractivity contribution in [3.8, 4) is 0 Å². The number of rotatable bonds is 5. The fraction of sp³-hybridized carbons (Fsp3) is 0.500. The summed E-state index contributed by atoms with van der Waals surface area (Å²) in [6, 6.07) is 7.66. The van der Waals surface area contributed by atoms with Crippen LogP contribution in [0.1, 0.15) is 57.9 Å². The zero-order valence-electron chi connectivity index (χ0n) is 12.4. The highest BCUT2D eigenvalue weighted by Crippen LogP contribution is 2.30. The van der Waals surface area contributed by atoms with Gasteiger partial charge >= 0.3 is 0 Å². The molecule has 2 unspecified atom stereocenters. The molecule has 2 aromatic rings. The minimum Gasteiger partial charge on any atom is -0.303 e. The lowest BCUT2D eigenvalue weighted by atomic mass is 10.1. The van der Waals surface area contributed by atoms with E-state index in [0.717, 1.165) is 6.42 Å². The minimum absolute atomic E-state index is 0.409. The fourth-order valence-electron chi connectivity index (χ4n) is 2.44. The van der Waals surface area contributed by atoms with E-state index in [0.29, 0.717) is 12.1 Å². The second-order valence-corrected chi connectivity index (χ2v) is 7.80. The molecule has 104 valence electrons. The molecule has 0 aromatic carbocycles. The molecule has 2 heterocycles. The van der Waals surface area contributed by atoms with Gasteiger partial charge in [0.25, 0.3) is 0 Å². The summed E-state index contributed by atoms with van der Waals surface area (Å²) in [4.78, 5) is 5.75. The van der Waals surface area contributed by atoms with Crippen LogP contribution in [-0.4, -0.2) is 0 Å². The summed E-state index contributed by atoms with van der Waals surface area (Å²) in [5.41, 5.74) is 1.45. The average molecular weight is 294 g/mol. The van der Waals surface area contributed by atoms with Crippen molar-refractivity contribution >= 4 is 22.7 Å². The average Bonchev–Trinajstić information content (AvgIpc) is 2.95. The van der Waals surface area contributed by atoms with Crippen molar-refractivity contribution in [3.05, 3.63) is 43.3 Å². The Morgan fingerprint density at radius 1 is 1.11 bits per heavy atom. The van der Waals surface area contributed by atoms with Crippen molar-refractivity contribution in [1.29, 1.82) is 0 Å². The monoisotopic (exact) mass is 293 g/mol. The Bertz CT molecular complexity index is 539. The quantitative estimate of drug-likeness (QED) is 0.778. The first kappa shape index (κ1) is 14.8. The second kappa shape index (κ2) is 6.21. The van der Waals surface area contributed by atoms with Gasteiger partial charge < -0.3 is 5.32 Å². The zero-order chi connectivity index (χ0) is 14.0. The van der Waals surface area contributed by atoms with Crippen molar-refractivity contribution in [2.75, 3.05) is 0 Å². The molecule has 0 amide bonds. The molecule has 0 aliphatic carbocycles. The first-order valence-electron chi connectivity index (χ1n) is 6.92. The third-order valence-electron chi connectivity index (χ3n) is 3.50. The Morgan fingerprint density at radius 3 is 2.37 bits per heavy atom. The van der Waals surface area contributed by atoms with E-state index in [1.807, 2.05) is 22.7 Å². The van der Waals surface area contributed by atoms with Gasteiger partial charge in [-0.1, -0.05) is 6.92 Å². The molecule has 3 heteroatoms. The van der Waals surface area contributed by atoms with Crippen LogP contribution in [0.3, 0.4) is 0 Å². The summed E-state index contributed by atoms with van der Waals surface area (Å²) in [6.07, 6.45) is 1.13. The molecular formula is C16H23NS2. The number of thiophene rings is 2. The first-order chi connectivity index (χ1) is 9.01. The van der Waals surface area contributed by atoms with Gasteiger partial charge in [-0.2, -0.15) is 0 Å². The van der Waals surface area contributed by atoms with E-state index in [4.69, 9.17) is 0 Å². The van der Waals surface area contributed by atoms with Crippen molar-refractivity contribution in [3.63, 3.8) is 0 Å². The molecule has 0 spiro atoms. The van der Waals surface area contributed by atoms with Crippen LogP contribution in [0.5, 0.6) is 0 Å². The lowest BCUT2D eigenvalue weighted by molar-refractivity contribution is 0.499. The molecule has 0 aliphatic rings. The summed E-state index contributed by atoms with van der Waals surface area (Å²) in [5, 5.41) is 3.72. The van der Waals surface area contributed by atoms with Gasteiger partial charge in [0.2, 0.25) is 0 Å². The van der Waals surface area contributed by atoms with Crippen molar-refractivity contribution in [1.82, 2.24) is 5.32 Å². The summed E-state index contributed by atoms with van der Waals surface area (Å²) >= 11 is 3.82. The summed E-state index contributed by atoms with van der Waals surface area (Å²) in [6.45, 7) is 11.1. The van der Waals surface area contributed by atoms with Crippen molar-refractivity contribution < 1.29 is 0 Å². The fourth-order valence-corrected chi connectivity index (χ4v) is 4.43.